The maximum absolute atomic E-state index is 8.59. The number of ether oxygens (including phenoxy) is 1. The Morgan fingerprint density at radius 2 is 2.29 bits per heavy atom. The van der Waals surface area contributed by atoms with E-state index in [1.807, 2.05) is 19.1 Å². The molecule has 0 heterocycles. The Labute approximate surface area is 110 Å². The first kappa shape index (κ1) is 12.4. The number of benzene rings is 1. The van der Waals surface area contributed by atoms with Gasteiger partial charge in [0.25, 0.3) is 0 Å². The molecule has 1 aromatic carbocycles. The summed E-state index contributed by atoms with van der Waals surface area (Å²) in [5.74, 6) is 0.836. The van der Waals surface area contributed by atoms with Crippen LogP contribution in [0.25, 0.3) is 0 Å². The number of halogens is 1. The van der Waals surface area contributed by atoms with Crippen molar-refractivity contribution in [1.29, 1.82) is 5.26 Å². The van der Waals surface area contributed by atoms with Crippen LogP contribution in [0.1, 0.15) is 24.0 Å². The van der Waals surface area contributed by atoms with E-state index in [0.29, 0.717) is 6.04 Å². The quantitative estimate of drug-likeness (QED) is 0.908. The summed E-state index contributed by atoms with van der Waals surface area (Å²) in [7, 11) is 0. The van der Waals surface area contributed by atoms with Crippen LogP contribution in [-0.4, -0.2) is 12.6 Å². The van der Waals surface area contributed by atoms with Crippen LogP contribution in [0.2, 0.25) is 0 Å². The van der Waals surface area contributed by atoms with E-state index >= 15 is 0 Å². The molecule has 1 aliphatic rings. The standard InChI is InChI=1S/C13H15BrN2O/c1-9-6-11(14)7-10(8-16-12-2-3-12)13(9)17-5-4-15/h6-7,12,16H,2-3,5,8H2,1H3. The predicted molar refractivity (Wildman–Crippen MR) is 69.8 cm³/mol. The molecular formula is C13H15BrN2O. The van der Waals surface area contributed by atoms with Crippen molar-refractivity contribution in [2.24, 2.45) is 0 Å². The summed E-state index contributed by atoms with van der Waals surface area (Å²) in [4.78, 5) is 0. The minimum absolute atomic E-state index is 0.0961. The molecule has 2 rings (SSSR count). The molecule has 0 amide bonds. The van der Waals surface area contributed by atoms with Crippen molar-refractivity contribution in [3.63, 3.8) is 0 Å². The van der Waals surface area contributed by atoms with Crippen LogP contribution in [0, 0.1) is 18.3 Å². The zero-order valence-electron chi connectivity index (χ0n) is 9.79. The Bertz CT molecular complexity index is 449. The third-order valence-electron chi connectivity index (χ3n) is 2.76. The van der Waals surface area contributed by atoms with Gasteiger partial charge in [-0.15, -0.1) is 0 Å². The van der Waals surface area contributed by atoms with Gasteiger partial charge >= 0.3 is 0 Å². The monoisotopic (exact) mass is 294 g/mol. The molecule has 0 aliphatic heterocycles. The molecule has 0 radical (unpaired) electrons. The number of aryl methyl sites for hydroxylation is 1. The summed E-state index contributed by atoms with van der Waals surface area (Å²) in [5, 5.41) is 12.1. The van der Waals surface area contributed by atoms with E-state index in [0.717, 1.165) is 27.9 Å². The average Bonchev–Trinajstić information content (AvgIpc) is 3.08. The molecule has 17 heavy (non-hydrogen) atoms. The largest absolute Gasteiger partial charge is 0.478 e. The lowest BCUT2D eigenvalue weighted by Gasteiger charge is -2.13. The lowest BCUT2D eigenvalue weighted by atomic mass is 10.1. The van der Waals surface area contributed by atoms with E-state index in [2.05, 4.69) is 27.3 Å². The third-order valence-corrected chi connectivity index (χ3v) is 3.21. The van der Waals surface area contributed by atoms with Crippen LogP contribution < -0.4 is 10.1 Å². The van der Waals surface area contributed by atoms with E-state index in [9.17, 15) is 0 Å². The maximum Gasteiger partial charge on any atom is 0.174 e. The average molecular weight is 295 g/mol. The fourth-order valence-electron chi connectivity index (χ4n) is 1.78. The van der Waals surface area contributed by atoms with Gasteiger partial charge in [-0.05, 0) is 37.5 Å². The fourth-order valence-corrected chi connectivity index (χ4v) is 2.40. The fraction of sp³-hybridized carbons (Fsp3) is 0.462. The highest BCUT2D eigenvalue weighted by Gasteiger charge is 2.21. The molecule has 0 saturated heterocycles. The second kappa shape index (κ2) is 5.52. The van der Waals surface area contributed by atoms with Crippen LogP contribution in [0.15, 0.2) is 16.6 Å². The van der Waals surface area contributed by atoms with Crippen molar-refractivity contribution in [1.82, 2.24) is 5.32 Å². The normalized spacial score (nSPS) is 14.4. The van der Waals surface area contributed by atoms with Crippen molar-refractivity contribution in [3.8, 4) is 11.8 Å². The smallest absolute Gasteiger partial charge is 0.174 e. The van der Waals surface area contributed by atoms with Crippen molar-refractivity contribution >= 4 is 15.9 Å². The number of nitrogens with zero attached hydrogens (tertiary/aromatic N) is 1. The van der Waals surface area contributed by atoms with Gasteiger partial charge in [0.1, 0.15) is 11.8 Å². The van der Waals surface area contributed by atoms with Crippen molar-refractivity contribution in [3.05, 3.63) is 27.7 Å². The first-order valence-corrected chi connectivity index (χ1v) is 6.52. The molecule has 0 spiro atoms. The molecule has 1 aromatic rings. The molecule has 3 nitrogen and oxygen atoms in total. The van der Waals surface area contributed by atoms with Gasteiger partial charge in [-0.2, -0.15) is 5.26 Å². The first-order chi connectivity index (χ1) is 8.20. The first-order valence-electron chi connectivity index (χ1n) is 5.73. The molecule has 1 aliphatic carbocycles. The van der Waals surface area contributed by atoms with Crippen molar-refractivity contribution in [2.75, 3.05) is 6.61 Å². The Morgan fingerprint density at radius 3 is 2.94 bits per heavy atom. The van der Waals surface area contributed by atoms with Gasteiger partial charge in [0.2, 0.25) is 0 Å². The summed E-state index contributed by atoms with van der Waals surface area (Å²) in [6.07, 6.45) is 2.53. The van der Waals surface area contributed by atoms with Gasteiger partial charge in [-0.25, -0.2) is 0 Å². The Balaban J connectivity index is 2.16. The van der Waals surface area contributed by atoms with Gasteiger partial charge in [-0.1, -0.05) is 15.9 Å². The molecule has 1 N–H and O–H groups in total. The van der Waals surface area contributed by atoms with E-state index < -0.39 is 0 Å². The molecule has 1 fully saturated rings. The minimum Gasteiger partial charge on any atom is -0.478 e. The number of hydrogen-bond donors (Lipinski definition) is 1. The molecule has 90 valence electrons. The van der Waals surface area contributed by atoms with Crippen LogP contribution in [0.3, 0.4) is 0 Å². The second-order valence-corrected chi connectivity index (χ2v) is 5.23. The lowest BCUT2D eigenvalue weighted by molar-refractivity contribution is 0.360. The zero-order valence-corrected chi connectivity index (χ0v) is 11.4. The van der Waals surface area contributed by atoms with E-state index in [1.165, 1.54) is 12.8 Å². The van der Waals surface area contributed by atoms with Gasteiger partial charge in [0.15, 0.2) is 6.61 Å². The molecular weight excluding hydrogens is 280 g/mol. The molecule has 0 bridgehead atoms. The number of nitrogens with one attached hydrogen (secondary N) is 1. The second-order valence-electron chi connectivity index (χ2n) is 4.31. The zero-order chi connectivity index (χ0) is 12.3. The number of rotatable bonds is 5. The minimum atomic E-state index is 0.0961. The number of nitriles is 1. The van der Waals surface area contributed by atoms with Crippen molar-refractivity contribution in [2.45, 2.75) is 32.4 Å². The number of hydrogen-bond acceptors (Lipinski definition) is 3. The predicted octanol–water partition coefficient (Wildman–Crippen LogP) is 2.91. The van der Waals surface area contributed by atoms with Crippen LogP contribution in [-0.2, 0) is 6.54 Å². The van der Waals surface area contributed by atoms with Gasteiger partial charge in [-0.3, -0.25) is 0 Å². The van der Waals surface area contributed by atoms with E-state index in [-0.39, 0.29) is 6.61 Å². The molecule has 0 aromatic heterocycles. The molecule has 4 heteroatoms. The Hall–Kier alpha value is -1.05. The van der Waals surface area contributed by atoms with Crippen LogP contribution in [0.5, 0.6) is 5.75 Å². The van der Waals surface area contributed by atoms with Gasteiger partial charge in [0.05, 0.1) is 0 Å². The highest BCUT2D eigenvalue weighted by molar-refractivity contribution is 9.10. The van der Waals surface area contributed by atoms with Gasteiger partial charge in [0, 0.05) is 22.6 Å². The van der Waals surface area contributed by atoms with E-state index in [1.54, 1.807) is 0 Å². The highest BCUT2D eigenvalue weighted by Crippen LogP contribution is 2.29. The summed E-state index contributed by atoms with van der Waals surface area (Å²) < 4.78 is 6.55. The van der Waals surface area contributed by atoms with Crippen LogP contribution in [0.4, 0.5) is 0 Å². The third kappa shape index (κ3) is 3.45. The Kier molecular flexibility index (Phi) is 4.03. The topological polar surface area (TPSA) is 45.0 Å². The maximum atomic E-state index is 8.59. The summed E-state index contributed by atoms with van der Waals surface area (Å²) in [5.41, 5.74) is 2.17. The van der Waals surface area contributed by atoms with Gasteiger partial charge < -0.3 is 10.1 Å². The summed E-state index contributed by atoms with van der Waals surface area (Å²) >= 11 is 3.49. The molecule has 0 unspecified atom stereocenters. The lowest BCUT2D eigenvalue weighted by Crippen LogP contribution is -2.16. The molecule has 1 saturated carbocycles. The summed E-state index contributed by atoms with van der Waals surface area (Å²) in [6.45, 7) is 2.89. The Morgan fingerprint density at radius 1 is 1.53 bits per heavy atom. The van der Waals surface area contributed by atoms with E-state index in [4.69, 9.17) is 10.00 Å². The van der Waals surface area contributed by atoms with Crippen molar-refractivity contribution < 1.29 is 4.74 Å². The summed E-state index contributed by atoms with van der Waals surface area (Å²) in [6, 6.07) is 6.73. The SMILES string of the molecule is Cc1cc(Br)cc(CNC2CC2)c1OCC#N. The van der Waals surface area contributed by atoms with Crippen LogP contribution >= 0.6 is 15.9 Å². The highest BCUT2D eigenvalue weighted by atomic mass is 79.9. The molecule has 0 atom stereocenters.